The molecule has 1 atom stereocenters. The molecule has 10 heteroatoms. The van der Waals surface area contributed by atoms with Crippen molar-refractivity contribution in [2.45, 2.75) is 32.8 Å². The van der Waals surface area contributed by atoms with E-state index in [2.05, 4.69) is 23.0 Å². The van der Waals surface area contributed by atoms with Gasteiger partial charge in [0.25, 0.3) is 5.91 Å². The minimum absolute atomic E-state index is 0.0755. The van der Waals surface area contributed by atoms with E-state index in [1.54, 1.807) is 0 Å². The predicted molar refractivity (Wildman–Crippen MR) is 118 cm³/mol. The molecule has 1 amide bonds. The van der Waals surface area contributed by atoms with Crippen LogP contribution < -0.4 is 14.8 Å². The van der Waals surface area contributed by atoms with Gasteiger partial charge in [0.2, 0.25) is 0 Å². The third-order valence-corrected chi connectivity index (χ3v) is 6.21. The second-order valence-electron chi connectivity index (χ2n) is 7.45. The van der Waals surface area contributed by atoms with Crippen molar-refractivity contribution in [2.24, 2.45) is 5.92 Å². The number of thiophene rings is 1. The lowest BCUT2D eigenvalue weighted by Crippen LogP contribution is -2.20. The van der Waals surface area contributed by atoms with Crippen molar-refractivity contribution in [3.05, 3.63) is 45.8 Å². The predicted octanol–water partition coefficient (Wildman–Crippen LogP) is 4.55. The zero-order valence-corrected chi connectivity index (χ0v) is 18.8. The van der Waals surface area contributed by atoms with Crippen LogP contribution >= 0.6 is 11.3 Å². The molecule has 0 fully saturated rings. The number of nitriles is 1. The van der Waals surface area contributed by atoms with E-state index in [1.165, 1.54) is 42.7 Å². The van der Waals surface area contributed by atoms with Gasteiger partial charge in [-0.15, -0.1) is 11.3 Å². The van der Waals surface area contributed by atoms with Crippen LogP contribution in [0.25, 0.3) is 6.08 Å². The summed E-state index contributed by atoms with van der Waals surface area (Å²) in [6, 6.07) is 6.33. The van der Waals surface area contributed by atoms with Crippen LogP contribution in [-0.4, -0.2) is 32.2 Å². The Hall–Kier alpha value is -3.45. The first-order valence-corrected chi connectivity index (χ1v) is 10.9. The molecule has 1 aliphatic carbocycles. The number of carbonyl (C=O) groups is 2. The molecule has 2 aromatic rings. The number of benzene rings is 1. The first kappa shape index (κ1) is 24.2. The molecule has 1 unspecified atom stereocenters. The molecule has 0 radical (unpaired) electrons. The fourth-order valence-corrected chi connectivity index (χ4v) is 4.83. The summed E-state index contributed by atoms with van der Waals surface area (Å²) in [5.74, 6) is -0.837. The SMILES string of the molecule is COc1cc(/C=C/C(=O)OCC(=O)Nc2sc3c(c2C#N)CCC(C)C3)ccc1OC(F)F. The van der Waals surface area contributed by atoms with Gasteiger partial charge in [-0.3, -0.25) is 4.79 Å². The molecular formula is C23H22F2N2O5S. The van der Waals surface area contributed by atoms with Crippen LogP contribution in [0.15, 0.2) is 24.3 Å². The number of alkyl halides is 2. The lowest BCUT2D eigenvalue weighted by Gasteiger charge is -2.17. The summed E-state index contributed by atoms with van der Waals surface area (Å²) in [5.41, 5.74) is 1.96. The Morgan fingerprint density at radius 2 is 2.15 bits per heavy atom. The Morgan fingerprint density at radius 1 is 1.36 bits per heavy atom. The maximum atomic E-state index is 12.4. The maximum absolute atomic E-state index is 12.4. The molecule has 0 aliphatic heterocycles. The number of fused-ring (bicyclic) bond motifs is 1. The molecule has 7 nitrogen and oxygen atoms in total. The van der Waals surface area contributed by atoms with E-state index in [9.17, 15) is 23.6 Å². The smallest absolute Gasteiger partial charge is 0.387 e. The number of nitrogens with zero attached hydrogens (tertiary/aromatic N) is 1. The van der Waals surface area contributed by atoms with E-state index in [-0.39, 0.29) is 11.5 Å². The van der Waals surface area contributed by atoms with E-state index in [4.69, 9.17) is 9.47 Å². The Kier molecular flexibility index (Phi) is 8.01. The largest absolute Gasteiger partial charge is 0.493 e. The van der Waals surface area contributed by atoms with Crippen molar-refractivity contribution in [1.82, 2.24) is 0 Å². The Bertz CT molecular complexity index is 1110. The van der Waals surface area contributed by atoms with Crippen LogP contribution in [0.1, 0.15) is 34.9 Å². The molecule has 0 saturated heterocycles. The van der Waals surface area contributed by atoms with Gasteiger partial charge in [0, 0.05) is 11.0 Å². The molecule has 1 N–H and O–H groups in total. The summed E-state index contributed by atoms with van der Waals surface area (Å²) >= 11 is 1.39. The first-order chi connectivity index (χ1) is 15.8. The number of nitrogens with one attached hydrogen (secondary N) is 1. The van der Waals surface area contributed by atoms with Crippen LogP contribution in [0.5, 0.6) is 11.5 Å². The number of hydrogen-bond donors (Lipinski definition) is 1. The van der Waals surface area contributed by atoms with E-state index in [1.807, 2.05) is 0 Å². The van der Waals surface area contributed by atoms with Crippen LogP contribution in [-0.2, 0) is 27.2 Å². The number of amides is 1. The lowest BCUT2D eigenvalue weighted by atomic mass is 9.89. The molecule has 3 rings (SSSR count). The number of halogens is 2. The number of ether oxygens (including phenoxy) is 3. The van der Waals surface area contributed by atoms with Gasteiger partial charge in [-0.1, -0.05) is 13.0 Å². The van der Waals surface area contributed by atoms with Crippen LogP contribution in [0, 0.1) is 17.2 Å². The van der Waals surface area contributed by atoms with E-state index in [0.29, 0.717) is 22.0 Å². The van der Waals surface area contributed by atoms with Crippen molar-refractivity contribution in [3.8, 4) is 17.6 Å². The highest BCUT2D eigenvalue weighted by atomic mass is 32.1. The Balaban J connectivity index is 1.56. The van der Waals surface area contributed by atoms with Crippen LogP contribution in [0.2, 0.25) is 0 Å². The average molecular weight is 477 g/mol. The molecule has 1 aliphatic rings. The molecule has 174 valence electrons. The fourth-order valence-electron chi connectivity index (χ4n) is 3.45. The van der Waals surface area contributed by atoms with Crippen molar-refractivity contribution in [3.63, 3.8) is 0 Å². The second kappa shape index (κ2) is 10.9. The van der Waals surface area contributed by atoms with Gasteiger partial charge < -0.3 is 19.5 Å². The summed E-state index contributed by atoms with van der Waals surface area (Å²) in [5, 5.41) is 12.6. The van der Waals surface area contributed by atoms with Gasteiger partial charge in [-0.05, 0) is 54.5 Å². The van der Waals surface area contributed by atoms with Crippen molar-refractivity contribution in [1.29, 1.82) is 5.26 Å². The molecule has 33 heavy (non-hydrogen) atoms. The third kappa shape index (κ3) is 6.29. The topological polar surface area (TPSA) is 97.6 Å². The molecule has 1 aromatic carbocycles. The first-order valence-electron chi connectivity index (χ1n) is 10.1. The van der Waals surface area contributed by atoms with Crippen molar-refractivity contribution in [2.75, 3.05) is 19.0 Å². The highest BCUT2D eigenvalue weighted by molar-refractivity contribution is 7.16. The fraction of sp³-hybridized carbons (Fsp3) is 0.348. The van der Waals surface area contributed by atoms with E-state index < -0.39 is 25.1 Å². The third-order valence-electron chi connectivity index (χ3n) is 5.04. The minimum atomic E-state index is -2.99. The lowest BCUT2D eigenvalue weighted by molar-refractivity contribution is -0.142. The summed E-state index contributed by atoms with van der Waals surface area (Å²) in [7, 11) is 1.30. The quantitative estimate of drug-likeness (QED) is 0.444. The molecule has 0 bridgehead atoms. The van der Waals surface area contributed by atoms with Crippen molar-refractivity contribution >= 4 is 34.3 Å². The average Bonchev–Trinajstić information content (AvgIpc) is 3.12. The number of rotatable bonds is 8. The monoisotopic (exact) mass is 476 g/mol. The summed E-state index contributed by atoms with van der Waals surface area (Å²) in [6.07, 6.45) is 5.18. The molecule has 1 heterocycles. The Morgan fingerprint density at radius 3 is 2.85 bits per heavy atom. The normalized spacial score (nSPS) is 15.1. The minimum Gasteiger partial charge on any atom is -0.493 e. The summed E-state index contributed by atoms with van der Waals surface area (Å²) in [4.78, 5) is 25.3. The number of hydrogen-bond acceptors (Lipinski definition) is 7. The number of anilines is 1. The Labute approximate surface area is 193 Å². The highest BCUT2D eigenvalue weighted by Crippen LogP contribution is 2.39. The highest BCUT2D eigenvalue weighted by Gasteiger charge is 2.24. The zero-order valence-electron chi connectivity index (χ0n) is 18.0. The van der Waals surface area contributed by atoms with Gasteiger partial charge in [0.15, 0.2) is 18.1 Å². The second-order valence-corrected chi connectivity index (χ2v) is 8.55. The molecule has 0 spiro atoms. The number of esters is 1. The van der Waals surface area contributed by atoms with Gasteiger partial charge in [-0.25, -0.2) is 4.79 Å². The van der Waals surface area contributed by atoms with Gasteiger partial charge in [0.05, 0.1) is 12.7 Å². The number of carbonyl (C=O) groups excluding carboxylic acids is 2. The summed E-state index contributed by atoms with van der Waals surface area (Å²) < 4.78 is 39.1. The van der Waals surface area contributed by atoms with Crippen LogP contribution in [0.3, 0.4) is 0 Å². The van der Waals surface area contributed by atoms with Crippen molar-refractivity contribution < 1.29 is 32.6 Å². The molecule has 1 aromatic heterocycles. The van der Waals surface area contributed by atoms with Gasteiger partial charge in [0.1, 0.15) is 11.1 Å². The molecule has 0 saturated carbocycles. The maximum Gasteiger partial charge on any atom is 0.387 e. The van der Waals surface area contributed by atoms with E-state index in [0.717, 1.165) is 35.8 Å². The summed E-state index contributed by atoms with van der Waals surface area (Å²) in [6.45, 7) is -1.35. The van der Waals surface area contributed by atoms with Gasteiger partial charge >= 0.3 is 12.6 Å². The van der Waals surface area contributed by atoms with E-state index >= 15 is 0 Å². The van der Waals surface area contributed by atoms with Crippen LogP contribution in [0.4, 0.5) is 13.8 Å². The number of methoxy groups -OCH3 is 1. The standard InChI is InChI=1S/C23H22F2N2O5S/c1-13-3-6-15-16(11-26)22(33-19(15)9-13)27-20(28)12-31-21(29)8-5-14-4-7-17(32-23(24)25)18(10-14)30-2/h4-5,7-8,10,13,23H,3,6,9,12H2,1-2H3,(H,27,28)/b8-5+. The van der Waals surface area contributed by atoms with Gasteiger partial charge in [-0.2, -0.15) is 14.0 Å². The molecular weight excluding hydrogens is 454 g/mol. The zero-order chi connectivity index (χ0) is 24.0.